The van der Waals surface area contributed by atoms with E-state index in [1.807, 2.05) is 0 Å². The highest BCUT2D eigenvalue weighted by Gasteiger charge is 2.18. The average molecular weight is 307 g/mol. The third-order valence-corrected chi connectivity index (χ3v) is 3.82. The molecule has 0 saturated heterocycles. The van der Waals surface area contributed by atoms with Crippen molar-refractivity contribution in [2.75, 3.05) is 0 Å². The third kappa shape index (κ3) is 2.19. The first-order valence-electron chi connectivity index (χ1n) is 5.56. The Bertz CT molecular complexity index is 837. The number of aromatic amines is 1. The molecule has 0 aliphatic heterocycles. The molecule has 20 heavy (non-hydrogen) atoms. The third-order valence-electron chi connectivity index (χ3n) is 2.74. The lowest BCUT2D eigenvalue weighted by Gasteiger charge is -1.91. The summed E-state index contributed by atoms with van der Waals surface area (Å²) in [4.78, 5) is 29.8. The van der Waals surface area contributed by atoms with Crippen LogP contribution in [0.4, 0.5) is 0 Å². The van der Waals surface area contributed by atoms with Gasteiger partial charge < -0.3 is 10.1 Å². The summed E-state index contributed by atoms with van der Waals surface area (Å²) in [5.41, 5.74) is 1.01. The zero-order valence-corrected chi connectivity index (χ0v) is 11.5. The number of aromatic nitrogens is 2. The van der Waals surface area contributed by atoms with Gasteiger partial charge >= 0.3 is 5.97 Å². The number of fused-ring (bicyclic) bond motifs is 1. The number of aromatic carboxylic acids is 1. The molecule has 0 fully saturated rings. The Morgan fingerprint density at radius 1 is 1.30 bits per heavy atom. The molecule has 100 valence electrons. The SMILES string of the molecule is O=C(O)c1csc(C(=O)c2cc3cc(Cl)ccc3[nH]2)n1. The van der Waals surface area contributed by atoms with E-state index in [1.54, 1.807) is 24.3 Å². The van der Waals surface area contributed by atoms with Crippen LogP contribution < -0.4 is 0 Å². The number of thiazole rings is 1. The van der Waals surface area contributed by atoms with Gasteiger partial charge in [0.1, 0.15) is 0 Å². The molecule has 0 aliphatic rings. The minimum absolute atomic E-state index is 0.127. The van der Waals surface area contributed by atoms with Gasteiger partial charge in [-0.1, -0.05) is 11.6 Å². The summed E-state index contributed by atoms with van der Waals surface area (Å²) in [5.74, 6) is -1.49. The molecule has 3 aromatic rings. The molecule has 0 amide bonds. The van der Waals surface area contributed by atoms with Gasteiger partial charge in [-0.2, -0.15) is 0 Å². The lowest BCUT2D eigenvalue weighted by Crippen LogP contribution is -2.03. The number of rotatable bonds is 3. The number of ketones is 1. The summed E-state index contributed by atoms with van der Waals surface area (Å²) in [6.07, 6.45) is 0. The second kappa shape index (κ2) is 4.73. The number of nitrogens with one attached hydrogen (secondary N) is 1. The van der Waals surface area contributed by atoms with E-state index in [2.05, 4.69) is 9.97 Å². The lowest BCUT2D eigenvalue weighted by molar-refractivity contribution is 0.0691. The Morgan fingerprint density at radius 3 is 2.80 bits per heavy atom. The second-order valence-electron chi connectivity index (χ2n) is 4.09. The minimum Gasteiger partial charge on any atom is -0.476 e. The van der Waals surface area contributed by atoms with Crippen LogP contribution in [0.1, 0.15) is 26.0 Å². The first-order chi connectivity index (χ1) is 9.54. The zero-order valence-electron chi connectivity index (χ0n) is 9.88. The number of hydrogen-bond donors (Lipinski definition) is 2. The van der Waals surface area contributed by atoms with Crippen LogP contribution in [-0.4, -0.2) is 26.8 Å². The predicted molar refractivity (Wildman–Crippen MR) is 75.8 cm³/mol. The van der Waals surface area contributed by atoms with Crippen LogP contribution in [0.2, 0.25) is 5.02 Å². The van der Waals surface area contributed by atoms with Crippen molar-refractivity contribution >= 4 is 45.6 Å². The number of halogens is 1. The van der Waals surface area contributed by atoms with Gasteiger partial charge in [0, 0.05) is 21.3 Å². The van der Waals surface area contributed by atoms with Crippen LogP contribution >= 0.6 is 22.9 Å². The highest BCUT2D eigenvalue weighted by atomic mass is 35.5. The van der Waals surface area contributed by atoms with Crippen LogP contribution in [0, 0.1) is 0 Å². The Kier molecular flexibility index (Phi) is 3.04. The monoisotopic (exact) mass is 306 g/mol. The number of carbonyl (C=O) groups is 2. The number of hydrogen-bond acceptors (Lipinski definition) is 4. The number of H-pyrrole nitrogens is 1. The predicted octanol–water partition coefficient (Wildman–Crippen LogP) is 3.21. The van der Waals surface area contributed by atoms with Gasteiger partial charge in [0.2, 0.25) is 5.78 Å². The molecule has 0 bridgehead atoms. The van der Waals surface area contributed by atoms with Crippen molar-refractivity contribution in [2.45, 2.75) is 0 Å². The van der Waals surface area contributed by atoms with Crippen molar-refractivity contribution in [1.82, 2.24) is 9.97 Å². The fourth-order valence-electron chi connectivity index (χ4n) is 1.82. The Labute approximate surface area is 121 Å². The molecule has 0 unspecified atom stereocenters. The summed E-state index contributed by atoms with van der Waals surface area (Å²) in [5, 5.41) is 11.7. The van der Waals surface area contributed by atoms with E-state index in [0.717, 1.165) is 22.2 Å². The van der Waals surface area contributed by atoms with E-state index < -0.39 is 5.97 Å². The van der Waals surface area contributed by atoms with Crippen molar-refractivity contribution in [3.63, 3.8) is 0 Å². The quantitative estimate of drug-likeness (QED) is 0.728. The van der Waals surface area contributed by atoms with E-state index >= 15 is 0 Å². The van der Waals surface area contributed by atoms with Gasteiger partial charge in [-0.3, -0.25) is 4.79 Å². The average Bonchev–Trinajstić information content (AvgIpc) is 3.03. The standard InChI is InChI=1S/C13H7ClN2O3S/c14-7-1-2-8-6(3-7)4-9(15-8)11(17)12-16-10(5-20-12)13(18)19/h1-5,15H,(H,18,19). The molecule has 0 radical (unpaired) electrons. The molecule has 7 heteroatoms. The molecule has 3 rings (SSSR count). The molecule has 0 atom stereocenters. The molecule has 2 heterocycles. The molecular weight excluding hydrogens is 300 g/mol. The maximum atomic E-state index is 12.2. The maximum Gasteiger partial charge on any atom is 0.355 e. The van der Waals surface area contributed by atoms with Gasteiger partial charge in [-0.15, -0.1) is 11.3 Å². The van der Waals surface area contributed by atoms with Crippen molar-refractivity contribution in [1.29, 1.82) is 0 Å². The van der Waals surface area contributed by atoms with Crippen LogP contribution in [0.5, 0.6) is 0 Å². The zero-order chi connectivity index (χ0) is 14.3. The molecule has 2 aromatic heterocycles. The van der Waals surface area contributed by atoms with Gasteiger partial charge in [0.25, 0.3) is 0 Å². The number of carboxylic acid groups (broad SMARTS) is 1. The fraction of sp³-hybridized carbons (Fsp3) is 0. The van der Waals surface area contributed by atoms with Crippen LogP contribution in [0.15, 0.2) is 29.6 Å². The van der Waals surface area contributed by atoms with Crippen molar-refractivity contribution in [2.24, 2.45) is 0 Å². The van der Waals surface area contributed by atoms with Crippen LogP contribution in [0.25, 0.3) is 10.9 Å². The van der Waals surface area contributed by atoms with Gasteiger partial charge in [0.15, 0.2) is 10.7 Å². The van der Waals surface area contributed by atoms with Gasteiger partial charge in [0.05, 0.1) is 5.69 Å². The molecular formula is C13H7ClN2O3S. The Morgan fingerprint density at radius 2 is 2.10 bits per heavy atom. The number of nitrogens with zero attached hydrogens (tertiary/aromatic N) is 1. The molecule has 5 nitrogen and oxygen atoms in total. The molecule has 2 N–H and O–H groups in total. The highest BCUT2D eigenvalue weighted by Crippen LogP contribution is 2.22. The van der Waals surface area contributed by atoms with Crippen molar-refractivity contribution < 1.29 is 14.7 Å². The summed E-state index contributed by atoms with van der Waals surface area (Å²) >= 11 is 6.89. The molecule has 0 saturated carbocycles. The maximum absolute atomic E-state index is 12.2. The van der Waals surface area contributed by atoms with E-state index in [1.165, 1.54) is 5.38 Å². The fourth-order valence-corrected chi connectivity index (χ4v) is 2.74. The Hall–Kier alpha value is -2.18. The van der Waals surface area contributed by atoms with E-state index in [0.29, 0.717) is 10.7 Å². The summed E-state index contributed by atoms with van der Waals surface area (Å²) in [7, 11) is 0. The largest absolute Gasteiger partial charge is 0.476 e. The number of benzene rings is 1. The number of carboxylic acids is 1. The smallest absolute Gasteiger partial charge is 0.355 e. The minimum atomic E-state index is -1.15. The summed E-state index contributed by atoms with van der Waals surface area (Å²) in [6, 6.07) is 6.92. The van der Waals surface area contributed by atoms with E-state index in [4.69, 9.17) is 16.7 Å². The van der Waals surface area contributed by atoms with E-state index in [9.17, 15) is 9.59 Å². The number of carbonyl (C=O) groups excluding carboxylic acids is 1. The van der Waals surface area contributed by atoms with Crippen LogP contribution in [-0.2, 0) is 0 Å². The summed E-state index contributed by atoms with van der Waals surface area (Å²) in [6.45, 7) is 0. The summed E-state index contributed by atoms with van der Waals surface area (Å²) < 4.78 is 0. The van der Waals surface area contributed by atoms with Crippen molar-refractivity contribution in [3.8, 4) is 0 Å². The molecule has 0 spiro atoms. The topological polar surface area (TPSA) is 83.0 Å². The second-order valence-corrected chi connectivity index (χ2v) is 5.38. The van der Waals surface area contributed by atoms with Gasteiger partial charge in [-0.25, -0.2) is 9.78 Å². The normalized spacial score (nSPS) is 10.8. The Balaban J connectivity index is 2.00. The first-order valence-corrected chi connectivity index (χ1v) is 6.82. The van der Waals surface area contributed by atoms with Gasteiger partial charge in [-0.05, 0) is 24.3 Å². The highest BCUT2D eigenvalue weighted by molar-refractivity contribution is 7.12. The van der Waals surface area contributed by atoms with E-state index in [-0.39, 0.29) is 16.5 Å². The first kappa shape index (κ1) is 12.8. The van der Waals surface area contributed by atoms with Crippen LogP contribution in [0.3, 0.4) is 0 Å². The molecule has 1 aromatic carbocycles. The van der Waals surface area contributed by atoms with Crippen molar-refractivity contribution in [3.05, 3.63) is 51.1 Å². The molecule has 0 aliphatic carbocycles. The lowest BCUT2D eigenvalue weighted by atomic mass is 10.2.